The van der Waals surface area contributed by atoms with Gasteiger partial charge < -0.3 is 19.9 Å². The number of aromatic nitrogens is 2. The number of anilines is 2. The van der Waals surface area contributed by atoms with Crippen LogP contribution in [0.25, 0.3) is 10.9 Å². The molecule has 3 aromatic rings. The first-order chi connectivity index (χ1) is 11.1. The van der Waals surface area contributed by atoms with Crippen molar-refractivity contribution in [2.24, 2.45) is 0 Å². The number of fused-ring (bicyclic) bond motifs is 1. The molecule has 0 saturated heterocycles. The van der Waals surface area contributed by atoms with Crippen LogP contribution in [0.4, 0.5) is 11.6 Å². The monoisotopic (exact) mass is 331 g/mol. The van der Waals surface area contributed by atoms with Gasteiger partial charge in [-0.2, -0.15) is 0 Å². The minimum Gasteiger partial charge on any atom is -0.508 e. The number of hydrogen-bond acceptors (Lipinski definition) is 6. The fraction of sp³-hybridized carbons (Fsp3) is 0.125. The molecule has 0 aliphatic carbocycles. The molecule has 0 aliphatic rings. The summed E-state index contributed by atoms with van der Waals surface area (Å²) in [7, 11) is 3.15. The lowest BCUT2D eigenvalue weighted by atomic mass is 10.2. The summed E-state index contributed by atoms with van der Waals surface area (Å²) in [6, 6.07) is 8.22. The average Bonchev–Trinajstić information content (AvgIpc) is 2.56. The minimum atomic E-state index is 0.0943. The van der Waals surface area contributed by atoms with Crippen molar-refractivity contribution >= 4 is 34.1 Å². The Hall–Kier alpha value is -2.73. The number of hydrogen-bond donors (Lipinski definition) is 2. The van der Waals surface area contributed by atoms with Crippen LogP contribution in [0.3, 0.4) is 0 Å². The summed E-state index contributed by atoms with van der Waals surface area (Å²) in [6.07, 6.45) is 1.68. The predicted molar refractivity (Wildman–Crippen MR) is 89.0 cm³/mol. The van der Waals surface area contributed by atoms with Gasteiger partial charge in [0.1, 0.15) is 5.75 Å². The van der Waals surface area contributed by atoms with E-state index >= 15 is 0 Å². The number of aromatic hydroxyl groups is 1. The van der Waals surface area contributed by atoms with Crippen LogP contribution in [0.1, 0.15) is 0 Å². The molecule has 3 rings (SSSR count). The van der Waals surface area contributed by atoms with Gasteiger partial charge in [-0.05, 0) is 18.2 Å². The van der Waals surface area contributed by atoms with Crippen molar-refractivity contribution in [2.45, 2.75) is 0 Å². The van der Waals surface area contributed by atoms with E-state index in [4.69, 9.17) is 21.1 Å². The normalized spacial score (nSPS) is 10.6. The summed E-state index contributed by atoms with van der Waals surface area (Å²) in [4.78, 5) is 8.70. The summed E-state index contributed by atoms with van der Waals surface area (Å²) < 4.78 is 10.5. The highest BCUT2D eigenvalue weighted by Crippen LogP contribution is 2.32. The molecule has 1 heterocycles. The van der Waals surface area contributed by atoms with Crippen LogP contribution >= 0.6 is 11.6 Å². The number of ether oxygens (including phenoxy) is 2. The zero-order valence-corrected chi connectivity index (χ0v) is 13.3. The van der Waals surface area contributed by atoms with E-state index in [2.05, 4.69) is 15.3 Å². The van der Waals surface area contributed by atoms with Crippen LogP contribution in [0.15, 0.2) is 36.5 Å². The molecule has 0 radical (unpaired) electrons. The molecule has 0 fully saturated rings. The molecule has 118 valence electrons. The molecule has 23 heavy (non-hydrogen) atoms. The Morgan fingerprint density at radius 3 is 2.52 bits per heavy atom. The maximum atomic E-state index is 9.38. The third-order valence-corrected chi connectivity index (χ3v) is 3.60. The van der Waals surface area contributed by atoms with Crippen molar-refractivity contribution in [1.29, 1.82) is 0 Å². The summed E-state index contributed by atoms with van der Waals surface area (Å²) in [5.74, 6) is 1.69. The fourth-order valence-electron chi connectivity index (χ4n) is 2.14. The van der Waals surface area contributed by atoms with Gasteiger partial charge in [-0.3, -0.25) is 0 Å². The van der Waals surface area contributed by atoms with E-state index in [-0.39, 0.29) is 5.75 Å². The quantitative estimate of drug-likeness (QED) is 0.709. The first kappa shape index (κ1) is 15.2. The van der Waals surface area contributed by atoms with Crippen molar-refractivity contribution in [2.75, 3.05) is 19.5 Å². The van der Waals surface area contributed by atoms with Crippen molar-refractivity contribution in [3.8, 4) is 17.2 Å². The lowest BCUT2D eigenvalue weighted by molar-refractivity contribution is 0.356. The van der Waals surface area contributed by atoms with Gasteiger partial charge in [0.05, 0.1) is 30.4 Å². The molecule has 0 spiro atoms. The van der Waals surface area contributed by atoms with Crippen molar-refractivity contribution in [1.82, 2.24) is 9.97 Å². The van der Waals surface area contributed by atoms with E-state index in [0.717, 1.165) is 5.39 Å². The molecule has 2 aromatic carbocycles. The molecular formula is C16H14ClN3O3. The lowest BCUT2D eigenvalue weighted by Gasteiger charge is -2.10. The molecular weight excluding hydrogens is 318 g/mol. The molecule has 0 saturated carbocycles. The second kappa shape index (κ2) is 6.18. The van der Waals surface area contributed by atoms with Gasteiger partial charge >= 0.3 is 0 Å². The second-order valence-corrected chi connectivity index (χ2v) is 5.16. The zero-order chi connectivity index (χ0) is 16.4. The van der Waals surface area contributed by atoms with E-state index in [1.807, 2.05) is 6.07 Å². The van der Waals surface area contributed by atoms with E-state index in [9.17, 15) is 5.11 Å². The van der Waals surface area contributed by atoms with Crippen molar-refractivity contribution in [3.63, 3.8) is 0 Å². The molecule has 0 aliphatic heterocycles. The highest BCUT2D eigenvalue weighted by molar-refractivity contribution is 6.33. The van der Waals surface area contributed by atoms with Crippen LogP contribution < -0.4 is 14.8 Å². The lowest BCUT2D eigenvalue weighted by Crippen LogP contribution is -1.98. The molecule has 0 bridgehead atoms. The van der Waals surface area contributed by atoms with E-state index < -0.39 is 0 Å². The van der Waals surface area contributed by atoms with Crippen molar-refractivity contribution < 1.29 is 14.6 Å². The van der Waals surface area contributed by atoms with Gasteiger partial charge in [-0.15, -0.1) is 0 Å². The maximum Gasteiger partial charge on any atom is 0.227 e. The van der Waals surface area contributed by atoms with Gasteiger partial charge in [-0.25, -0.2) is 9.97 Å². The molecule has 2 N–H and O–H groups in total. The number of phenolic OH excluding ortho intramolecular Hbond substituents is 1. The zero-order valence-electron chi connectivity index (χ0n) is 12.5. The third kappa shape index (κ3) is 3.07. The van der Waals surface area contributed by atoms with Crippen LogP contribution in [-0.2, 0) is 0 Å². The Balaban J connectivity index is 1.99. The van der Waals surface area contributed by atoms with Crippen LogP contribution in [0.2, 0.25) is 5.02 Å². The number of benzene rings is 2. The predicted octanol–water partition coefficient (Wildman–Crippen LogP) is 3.75. The Labute approximate surface area is 137 Å². The van der Waals surface area contributed by atoms with E-state index in [0.29, 0.717) is 33.7 Å². The molecule has 7 heteroatoms. The van der Waals surface area contributed by atoms with Gasteiger partial charge in [0.2, 0.25) is 5.95 Å². The highest BCUT2D eigenvalue weighted by Gasteiger charge is 2.09. The van der Waals surface area contributed by atoms with E-state index in [1.165, 1.54) is 12.1 Å². The third-order valence-electron chi connectivity index (χ3n) is 3.28. The van der Waals surface area contributed by atoms with Gasteiger partial charge in [0.15, 0.2) is 11.5 Å². The molecule has 0 atom stereocenters. The number of halogens is 1. The fourth-order valence-corrected chi connectivity index (χ4v) is 2.37. The molecule has 6 nitrogen and oxygen atoms in total. The number of rotatable bonds is 4. The summed E-state index contributed by atoms with van der Waals surface area (Å²) in [5.41, 5.74) is 1.30. The Kier molecular flexibility index (Phi) is 4.08. The smallest absolute Gasteiger partial charge is 0.227 e. The van der Waals surface area contributed by atoms with Crippen LogP contribution in [0, 0.1) is 0 Å². The summed E-state index contributed by atoms with van der Waals surface area (Å²) in [6.45, 7) is 0. The Morgan fingerprint density at radius 1 is 1.09 bits per heavy atom. The largest absolute Gasteiger partial charge is 0.508 e. The number of nitrogens with zero attached hydrogens (tertiary/aromatic N) is 2. The Bertz CT molecular complexity index is 871. The van der Waals surface area contributed by atoms with Crippen molar-refractivity contribution in [3.05, 3.63) is 41.6 Å². The maximum absolute atomic E-state index is 9.38. The van der Waals surface area contributed by atoms with Crippen LogP contribution in [0.5, 0.6) is 17.2 Å². The number of phenols is 1. The first-order valence-corrected chi connectivity index (χ1v) is 7.13. The summed E-state index contributed by atoms with van der Waals surface area (Å²) >= 11 is 6.07. The summed E-state index contributed by atoms with van der Waals surface area (Å²) in [5, 5.41) is 13.6. The minimum absolute atomic E-state index is 0.0943. The van der Waals surface area contributed by atoms with Gasteiger partial charge in [-0.1, -0.05) is 11.6 Å². The average molecular weight is 332 g/mol. The topological polar surface area (TPSA) is 76.5 Å². The SMILES string of the molecule is COc1cc2cnc(Nc3ccc(O)cc3Cl)nc2cc1OC. The number of nitrogens with one attached hydrogen (secondary N) is 1. The van der Waals surface area contributed by atoms with Gasteiger partial charge in [0, 0.05) is 23.7 Å². The second-order valence-electron chi connectivity index (χ2n) is 4.75. The van der Waals surface area contributed by atoms with Crippen LogP contribution in [-0.4, -0.2) is 29.3 Å². The number of methoxy groups -OCH3 is 2. The first-order valence-electron chi connectivity index (χ1n) is 6.75. The highest BCUT2D eigenvalue weighted by atomic mass is 35.5. The Morgan fingerprint density at radius 2 is 1.83 bits per heavy atom. The standard InChI is InChI=1S/C16H14ClN3O3/c1-22-14-5-9-8-18-16(20-13(9)7-15(14)23-2)19-12-4-3-10(21)6-11(12)17/h3-8,21H,1-2H3,(H,18,19,20). The molecule has 1 aromatic heterocycles. The molecule has 0 amide bonds. The van der Waals surface area contributed by atoms with E-state index in [1.54, 1.807) is 32.5 Å². The van der Waals surface area contributed by atoms with Gasteiger partial charge in [0.25, 0.3) is 0 Å². The molecule has 0 unspecified atom stereocenters.